The number of phenolic OH excluding ortho intramolecular Hbond substituents is 1. The van der Waals surface area contributed by atoms with Crippen LogP contribution in [0.3, 0.4) is 0 Å². The van der Waals surface area contributed by atoms with E-state index in [0.29, 0.717) is 41.6 Å². The number of esters is 2. The largest absolute Gasteiger partial charge is 0.507 e. The summed E-state index contributed by atoms with van der Waals surface area (Å²) in [5.41, 5.74) is 2.82. The third-order valence-corrected chi connectivity index (χ3v) is 5.30. The van der Waals surface area contributed by atoms with Crippen LogP contribution in [0.4, 0.5) is 0 Å². The minimum absolute atomic E-state index is 0.223. The lowest BCUT2D eigenvalue weighted by molar-refractivity contribution is -0.141. The number of ether oxygens (including phenoxy) is 2. The highest BCUT2D eigenvalue weighted by molar-refractivity contribution is 7.98. The first kappa shape index (κ1) is 20.7. The van der Waals surface area contributed by atoms with Gasteiger partial charge in [-0.1, -0.05) is 17.7 Å². The van der Waals surface area contributed by atoms with E-state index >= 15 is 0 Å². The van der Waals surface area contributed by atoms with Crippen molar-refractivity contribution in [3.8, 4) is 5.75 Å². The van der Waals surface area contributed by atoms with Crippen LogP contribution in [0.2, 0.25) is 0 Å². The Kier molecular flexibility index (Phi) is 9.71. The van der Waals surface area contributed by atoms with E-state index < -0.39 is 0 Å². The highest BCUT2D eigenvalue weighted by Gasteiger charge is 2.10. The van der Waals surface area contributed by atoms with Crippen molar-refractivity contribution in [3.63, 3.8) is 0 Å². The van der Waals surface area contributed by atoms with Crippen molar-refractivity contribution in [2.45, 2.75) is 31.3 Å². The molecule has 0 spiro atoms. The number of aryl methyl sites for hydroxylation is 1. The summed E-state index contributed by atoms with van der Waals surface area (Å²) >= 11 is 3.18. The van der Waals surface area contributed by atoms with Crippen molar-refractivity contribution in [1.29, 1.82) is 0 Å². The molecular weight excluding hydrogens is 348 g/mol. The molecule has 1 aromatic carbocycles. The van der Waals surface area contributed by atoms with Crippen LogP contribution >= 0.6 is 23.5 Å². The van der Waals surface area contributed by atoms with Crippen molar-refractivity contribution in [3.05, 3.63) is 28.8 Å². The summed E-state index contributed by atoms with van der Waals surface area (Å²) in [6.45, 7) is 1.99. The van der Waals surface area contributed by atoms with Gasteiger partial charge in [-0.05, 0) is 6.92 Å². The molecule has 7 heteroatoms. The van der Waals surface area contributed by atoms with Crippen molar-refractivity contribution in [1.82, 2.24) is 0 Å². The summed E-state index contributed by atoms with van der Waals surface area (Å²) in [6, 6.07) is 3.92. The quantitative estimate of drug-likeness (QED) is 0.499. The number of aromatic hydroxyl groups is 1. The lowest BCUT2D eigenvalue weighted by Crippen LogP contribution is -2.02. The molecule has 5 nitrogen and oxygen atoms in total. The summed E-state index contributed by atoms with van der Waals surface area (Å²) in [7, 11) is 2.76. The lowest BCUT2D eigenvalue weighted by Gasteiger charge is -2.11. The smallest absolute Gasteiger partial charge is 0.306 e. The van der Waals surface area contributed by atoms with Crippen LogP contribution in [-0.4, -0.2) is 42.8 Å². The minimum atomic E-state index is -0.223. The molecule has 0 atom stereocenters. The molecule has 0 heterocycles. The van der Waals surface area contributed by atoms with E-state index in [1.54, 1.807) is 23.5 Å². The van der Waals surface area contributed by atoms with E-state index in [1.165, 1.54) is 14.2 Å². The van der Waals surface area contributed by atoms with Crippen molar-refractivity contribution in [2.75, 3.05) is 25.7 Å². The highest BCUT2D eigenvalue weighted by atomic mass is 32.2. The van der Waals surface area contributed by atoms with Gasteiger partial charge in [-0.2, -0.15) is 23.5 Å². The van der Waals surface area contributed by atoms with Crippen molar-refractivity contribution in [2.24, 2.45) is 0 Å². The summed E-state index contributed by atoms with van der Waals surface area (Å²) in [4.78, 5) is 22.2. The van der Waals surface area contributed by atoms with Gasteiger partial charge in [0.1, 0.15) is 5.75 Å². The molecule has 0 aliphatic rings. The van der Waals surface area contributed by atoms with Crippen LogP contribution in [0.5, 0.6) is 5.75 Å². The Hall–Kier alpha value is -1.34. The molecule has 0 bridgehead atoms. The number of carbonyl (C=O) groups is 2. The molecule has 0 aromatic heterocycles. The highest BCUT2D eigenvalue weighted by Crippen LogP contribution is 2.31. The van der Waals surface area contributed by atoms with Crippen LogP contribution in [0.1, 0.15) is 29.5 Å². The molecular formula is C17H24O5S2. The van der Waals surface area contributed by atoms with Crippen LogP contribution < -0.4 is 0 Å². The second kappa shape index (κ2) is 11.3. The topological polar surface area (TPSA) is 72.8 Å². The Balaban J connectivity index is 2.53. The predicted molar refractivity (Wildman–Crippen MR) is 98.4 cm³/mol. The normalized spacial score (nSPS) is 10.5. The SMILES string of the molecule is COC(=O)CCSCc1cc(C)cc(CSCCC(=O)OC)c1O. The van der Waals surface area contributed by atoms with Crippen molar-refractivity contribution >= 4 is 35.5 Å². The number of thioether (sulfide) groups is 2. The summed E-state index contributed by atoms with van der Waals surface area (Å²) < 4.78 is 9.21. The van der Waals surface area contributed by atoms with E-state index in [9.17, 15) is 14.7 Å². The number of rotatable bonds is 10. The fourth-order valence-corrected chi connectivity index (χ4v) is 3.82. The molecule has 0 saturated carbocycles. The average molecular weight is 373 g/mol. The Bertz CT molecular complexity index is 515. The maximum Gasteiger partial charge on any atom is 0.306 e. The van der Waals surface area contributed by atoms with Crippen LogP contribution in [0, 0.1) is 6.92 Å². The standard InChI is InChI=1S/C17H24O5S2/c1-12-8-13(10-23-6-4-15(18)21-2)17(20)14(9-12)11-24-7-5-16(19)22-3/h8-9,20H,4-7,10-11H2,1-3H3. The average Bonchev–Trinajstić information content (AvgIpc) is 2.58. The van der Waals surface area contributed by atoms with Gasteiger partial charge in [0, 0.05) is 34.1 Å². The third kappa shape index (κ3) is 7.49. The molecule has 1 aromatic rings. The number of hydrogen-bond donors (Lipinski definition) is 1. The van der Waals surface area contributed by atoms with Gasteiger partial charge in [-0.15, -0.1) is 0 Å². The van der Waals surface area contributed by atoms with Gasteiger partial charge in [-0.25, -0.2) is 0 Å². The molecule has 0 aliphatic carbocycles. The zero-order valence-corrected chi connectivity index (χ0v) is 15.9. The minimum Gasteiger partial charge on any atom is -0.507 e. The first-order chi connectivity index (χ1) is 11.5. The second-order valence-electron chi connectivity index (χ2n) is 5.19. The predicted octanol–water partition coefficient (Wildman–Crippen LogP) is 3.29. The number of benzene rings is 1. The molecule has 0 saturated heterocycles. The van der Waals surface area contributed by atoms with Crippen LogP contribution in [0.25, 0.3) is 0 Å². The van der Waals surface area contributed by atoms with E-state index in [1.807, 2.05) is 19.1 Å². The van der Waals surface area contributed by atoms with E-state index in [4.69, 9.17) is 0 Å². The molecule has 0 unspecified atom stereocenters. The van der Waals surface area contributed by atoms with Gasteiger partial charge < -0.3 is 14.6 Å². The zero-order chi connectivity index (χ0) is 17.9. The van der Waals surface area contributed by atoms with Crippen LogP contribution in [0.15, 0.2) is 12.1 Å². The monoisotopic (exact) mass is 372 g/mol. The summed E-state index contributed by atoms with van der Waals surface area (Å²) in [6.07, 6.45) is 0.730. The fourth-order valence-electron chi connectivity index (χ4n) is 2.03. The second-order valence-corrected chi connectivity index (χ2v) is 7.40. The molecule has 134 valence electrons. The van der Waals surface area contributed by atoms with Gasteiger partial charge in [0.2, 0.25) is 0 Å². The van der Waals surface area contributed by atoms with Crippen LogP contribution in [-0.2, 0) is 30.6 Å². The molecule has 0 fully saturated rings. The Morgan fingerprint density at radius 3 is 1.75 bits per heavy atom. The maximum absolute atomic E-state index is 11.1. The maximum atomic E-state index is 11.1. The molecule has 0 radical (unpaired) electrons. The van der Waals surface area contributed by atoms with Gasteiger partial charge >= 0.3 is 11.9 Å². The van der Waals surface area contributed by atoms with Gasteiger partial charge in [-0.3, -0.25) is 9.59 Å². The van der Waals surface area contributed by atoms with E-state index in [2.05, 4.69) is 9.47 Å². The molecule has 1 N–H and O–H groups in total. The fraction of sp³-hybridized carbons (Fsp3) is 0.529. The molecule has 24 heavy (non-hydrogen) atoms. The molecule has 0 aliphatic heterocycles. The molecule has 0 amide bonds. The number of phenols is 1. The Morgan fingerprint density at radius 2 is 1.38 bits per heavy atom. The van der Waals surface area contributed by atoms with E-state index in [-0.39, 0.29) is 11.9 Å². The summed E-state index contributed by atoms with van der Waals surface area (Å²) in [5.74, 6) is 2.45. The third-order valence-electron chi connectivity index (χ3n) is 3.28. The molecule has 1 rings (SSSR count). The number of methoxy groups -OCH3 is 2. The van der Waals surface area contributed by atoms with Gasteiger partial charge in [0.05, 0.1) is 27.1 Å². The van der Waals surface area contributed by atoms with Crippen molar-refractivity contribution < 1.29 is 24.2 Å². The Morgan fingerprint density at radius 1 is 0.958 bits per heavy atom. The van der Waals surface area contributed by atoms with Gasteiger partial charge in [0.25, 0.3) is 0 Å². The van der Waals surface area contributed by atoms with E-state index in [0.717, 1.165) is 16.7 Å². The summed E-state index contributed by atoms with van der Waals surface area (Å²) in [5, 5.41) is 10.4. The number of carbonyl (C=O) groups excluding carboxylic acids is 2. The first-order valence-electron chi connectivity index (χ1n) is 7.58. The lowest BCUT2D eigenvalue weighted by atomic mass is 10.1. The van der Waals surface area contributed by atoms with Gasteiger partial charge in [0.15, 0.2) is 0 Å². The zero-order valence-electron chi connectivity index (χ0n) is 14.3. The Labute approximate surface area is 151 Å². The first-order valence-corrected chi connectivity index (χ1v) is 9.89. The number of hydrogen-bond acceptors (Lipinski definition) is 7.